The molecule has 1 aliphatic heterocycles. The maximum absolute atomic E-state index is 13.9. The molecule has 8 nitrogen and oxygen atoms in total. The fraction of sp³-hybridized carbons (Fsp3) is 0.500. The first-order chi connectivity index (χ1) is 19.0. The van der Waals surface area contributed by atoms with Gasteiger partial charge in [0.15, 0.2) is 0 Å². The summed E-state index contributed by atoms with van der Waals surface area (Å²) in [7, 11) is 3.22. The number of rotatable bonds is 8. The third-order valence-electron chi connectivity index (χ3n) is 7.42. The van der Waals surface area contributed by atoms with E-state index in [1.807, 2.05) is 88.4 Å². The van der Waals surface area contributed by atoms with Gasteiger partial charge in [0, 0.05) is 26.9 Å². The second kappa shape index (κ2) is 14.1. The van der Waals surface area contributed by atoms with Crippen molar-refractivity contribution in [2.75, 3.05) is 14.1 Å². The van der Waals surface area contributed by atoms with E-state index in [0.29, 0.717) is 12.8 Å². The summed E-state index contributed by atoms with van der Waals surface area (Å²) >= 11 is 0. The minimum absolute atomic E-state index is 0.113. The number of nitrogens with zero attached hydrogens (tertiary/aromatic N) is 2. The molecule has 0 unspecified atom stereocenters. The lowest BCUT2D eigenvalue weighted by atomic mass is 9.96. The fourth-order valence-corrected chi connectivity index (χ4v) is 5.21. The van der Waals surface area contributed by atoms with Crippen molar-refractivity contribution in [1.82, 2.24) is 20.4 Å². The highest BCUT2D eigenvalue weighted by Crippen LogP contribution is 2.19. The van der Waals surface area contributed by atoms with E-state index in [1.54, 1.807) is 14.1 Å². The van der Waals surface area contributed by atoms with Crippen LogP contribution in [-0.2, 0) is 32.0 Å². The summed E-state index contributed by atoms with van der Waals surface area (Å²) in [5, 5.41) is 5.93. The zero-order valence-electron chi connectivity index (χ0n) is 24.6. The van der Waals surface area contributed by atoms with E-state index in [1.165, 1.54) is 9.80 Å². The monoisotopic (exact) mass is 548 g/mol. The topological polar surface area (TPSA) is 98.8 Å². The molecule has 2 N–H and O–H groups in total. The minimum Gasteiger partial charge on any atom is -0.342 e. The number of nitrogens with one attached hydrogen (secondary N) is 2. The first kappa shape index (κ1) is 30.9. The number of hydrogen-bond donors (Lipinski definition) is 2. The van der Waals surface area contributed by atoms with Crippen LogP contribution >= 0.6 is 0 Å². The van der Waals surface area contributed by atoms with Gasteiger partial charge in [0.05, 0.1) is 0 Å². The van der Waals surface area contributed by atoms with Crippen LogP contribution < -0.4 is 10.6 Å². The Bertz CT molecular complexity index is 1060. The van der Waals surface area contributed by atoms with Gasteiger partial charge in [-0.15, -0.1) is 0 Å². The number of amides is 4. The average molecular weight is 549 g/mol. The molecular weight excluding hydrogens is 504 g/mol. The zero-order chi connectivity index (χ0) is 29.4. The summed E-state index contributed by atoms with van der Waals surface area (Å²) in [5.41, 5.74) is 1.78. The summed E-state index contributed by atoms with van der Waals surface area (Å²) in [5.74, 6) is -1.20. The van der Waals surface area contributed by atoms with Gasteiger partial charge in [-0.05, 0) is 35.8 Å². The van der Waals surface area contributed by atoms with E-state index in [2.05, 4.69) is 10.6 Å². The molecule has 0 spiro atoms. The van der Waals surface area contributed by atoms with Crippen LogP contribution in [0.3, 0.4) is 0 Å². The Labute approximate surface area is 238 Å². The van der Waals surface area contributed by atoms with Crippen molar-refractivity contribution >= 4 is 23.6 Å². The van der Waals surface area contributed by atoms with E-state index in [4.69, 9.17) is 0 Å². The van der Waals surface area contributed by atoms with Gasteiger partial charge in [-0.2, -0.15) is 0 Å². The van der Waals surface area contributed by atoms with Crippen molar-refractivity contribution in [1.29, 1.82) is 0 Å². The second-order valence-electron chi connectivity index (χ2n) is 11.7. The Balaban J connectivity index is 2.06. The number of carbonyl (C=O) groups excluding carboxylic acids is 4. The van der Waals surface area contributed by atoms with E-state index in [0.717, 1.165) is 11.1 Å². The standard InChI is InChI=1S/C32H44N4O4/c1-21(2)17-27-29(37)33-26(20-24-15-11-8-12-16-24)32(40)36(6)28(18-22(3)4)30(38)34-25(31(39)35(27)5)19-23-13-9-7-10-14-23/h7-16,21-22,25-28H,17-20H2,1-6H3,(H,33,37)(H,34,38)/t25-,26+,27-,28-/m0/s1. The van der Waals surface area contributed by atoms with E-state index in [-0.39, 0.29) is 48.3 Å². The summed E-state index contributed by atoms with van der Waals surface area (Å²) < 4.78 is 0. The molecule has 4 amide bonds. The predicted molar refractivity (Wildman–Crippen MR) is 156 cm³/mol. The van der Waals surface area contributed by atoms with E-state index >= 15 is 0 Å². The molecule has 1 saturated heterocycles. The second-order valence-corrected chi connectivity index (χ2v) is 11.7. The summed E-state index contributed by atoms with van der Waals surface area (Å²) in [6, 6.07) is 15.6. The summed E-state index contributed by atoms with van der Waals surface area (Å²) in [6.45, 7) is 7.95. The molecule has 8 heteroatoms. The molecule has 0 saturated carbocycles. The Morgan fingerprint density at radius 1 is 0.600 bits per heavy atom. The minimum atomic E-state index is -0.889. The molecule has 1 fully saturated rings. The highest BCUT2D eigenvalue weighted by atomic mass is 16.2. The predicted octanol–water partition coefficient (Wildman–Crippen LogP) is 3.20. The van der Waals surface area contributed by atoms with Crippen LogP contribution in [-0.4, -0.2) is 71.7 Å². The summed E-state index contributed by atoms with van der Waals surface area (Å²) in [4.78, 5) is 58.4. The maximum atomic E-state index is 13.9. The molecule has 4 atom stereocenters. The molecule has 40 heavy (non-hydrogen) atoms. The van der Waals surface area contributed by atoms with Crippen molar-refractivity contribution in [3.63, 3.8) is 0 Å². The fourth-order valence-electron chi connectivity index (χ4n) is 5.21. The van der Waals surface area contributed by atoms with Gasteiger partial charge in [-0.3, -0.25) is 19.2 Å². The lowest BCUT2D eigenvalue weighted by Crippen LogP contribution is -2.62. The van der Waals surface area contributed by atoms with Gasteiger partial charge in [0.25, 0.3) is 0 Å². The van der Waals surface area contributed by atoms with Gasteiger partial charge in [0.2, 0.25) is 23.6 Å². The van der Waals surface area contributed by atoms with Crippen LogP contribution in [0.1, 0.15) is 51.7 Å². The molecular formula is C32H44N4O4. The number of carbonyl (C=O) groups is 4. The molecule has 0 aliphatic carbocycles. The van der Waals surface area contributed by atoms with Crippen LogP contribution in [0.25, 0.3) is 0 Å². The Kier molecular flexibility index (Phi) is 10.9. The van der Waals surface area contributed by atoms with E-state index in [9.17, 15) is 19.2 Å². The first-order valence-corrected chi connectivity index (χ1v) is 14.2. The highest BCUT2D eigenvalue weighted by Gasteiger charge is 2.39. The van der Waals surface area contributed by atoms with Crippen LogP contribution in [0.4, 0.5) is 0 Å². The van der Waals surface area contributed by atoms with Crippen molar-refractivity contribution < 1.29 is 19.2 Å². The molecule has 0 bridgehead atoms. The molecule has 2 aromatic carbocycles. The molecule has 0 radical (unpaired) electrons. The molecule has 2 aromatic rings. The van der Waals surface area contributed by atoms with Gasteiger partial charge in [-0.1, -0.05) is 88.4 Å². The third-order valence-corrected chi connectivity index (χ3v) is 7.42. The van der Waals surface area contributed by atoms with Gasteiger partial charge in [0.1, 0.15) is 24.2 Å². The van der Waals surface area contributed by atoms with Gasteiger partial charge < -0.3 is 20.4 Å². The Morgan fingerprint density at radius 3 is 1.23 bits per heavy atom. The third kappa shape index (κ3) is 8.16. The SMILES string of the molecule is CC(C)C[C@H]1C(=O)N[C@H](Cc2ccccc2)C(=O)N(C)[C@@H](CC(C)C)C(=O)N[C@@H](Cc2ccccc2)C(=O)N1C. The largest absolute Gasteiger partial charge is 0.342 e. The van der Waals surface area contributed by atoms with Crippen LogP contribution in [0.2, 0.25) is 0 Å². The van der Waals surface area contributed by atoms with Crippen molar-refractivity contribution in [2.24, 2.45) is 11.8 Å². The summed E-state index contributed by atoms with van der Waals surface area (Å²) in [6.07, 6.45) is 1.37. The molecule has 1 heterocycles. The lowest BCUT2D eigenvalue weighted by molar-refractivity contribution is -0.148. The van der Waals surface area contributed by atoms with Crippen LogP contribution in [0, 0.1) is 11.8 Å². The Hall–Kier alpha value is -3.68. The average Bonchev–Trinajstić information content (AvgIpc) is 2.92. The number of hydrogen-bond acceptors (Lipinski definition) is 4. The maximum Gasteiger partial charge on any atom is 0.245 e. The molecule has 0 aromatic heterocycles. The highest BCUT2D eigenvalue weighted by molar-refractivity contribution is 5.97. The number of benzene rings is 2. The van der Waals surface area contributed by atoms with Crippen molar-refractivity contribution in [3.05, 3.63) is 71.8 Å². The van der Waals surface area contributed by atoms with Crippen molar-refractivity contribution in [2.45, 2.75) is 77.5 Å². The molecule has 1 aliphatic rings. The smallest absolute Gasteiger partial charge is 0.245 e. The molecule has 3 rings (SSSR count). The quantitative estimate of drug-likeness (QED) is 0.529. The number of likely N-dealkylation sites (N-methyl/N-ethyl adjacent to an activating group) is 2. The zero-order valence-corrected chi connectivity index (χ0v) is 24.6. The first-order valence-electron chi connectivity index (χ1n) is 14.2. The Morgan fingerprint density at radius 2 is 0.925 bits per heavy atom. The van der Waals surface area contributed by atoms with Crippen LogP contribution in [0.15, 0.2) is 60.7 Å². The normalized spacial score (nSPS) is 23.1. The van der Waals surface area contributed by atoms with E-state index < -0.39 is 24.2 Å². The van der Waals surface area contributed by atoms with Crippen molar-refractivity contribution in [3.8, 4) is 0 Å². The lowest BCUT2D eigenvalue weighted by Gasteiger charge is -2.37. The molecule has 216 valence electrons. The van der Waals surface area contributed by atoms with Gasteiger partial charge >= 0.3 is 0 Å². The van der Waals surface area contributed by atoms with Crippen LogP contribution in [0.5, 0.6) is 0 Å². The van der Waals surface area contributed by atoms with Gasteiger partial charge in [-0.25, -0.2) is 0 Å².